The molecule has 2 rings (SSSR count). The van der Waals surface area contributed by atoms with E-state index in [1.54, 1.807) is 0 Å². The average molecular weight is 417 g/mol. The van der Waals surface area contributed by atoms with Gasteiger partial charge in [0, 0.05) is 5.56 Å². The average Bonchev–Trinajstić information content (AvgIpc) is 3.13. The van der Waals surface area contributed by atoms with Crippen LogP contribution in [0.25, 0.3) is 0 Å². The second-order valence-corrected chi connectivity index (χ2v) is 9.13. The zero-order valence-corrected chi connectivity index (χ0v) is 19.3. The topological polar surface area (TPSA) is 46.5 Å². The van der Waals surface area contributed by atoms with Crippen LogP contribution >= 0.6 is 0 Å². The van der Waals surface area contributed by atoms with Crippen LogP contribution in [0.4, 0.5) is 0 Å². The van der Waals surface area contributed by atoms with Crippen LogP contribution in [-0.4, -0.2) is 11.1 Å². The highest BCUT2D eigenvalue weighted by Crippen LogP contribution is 2.40. The molecule has 0 amide bonds. The van der Waals surface area contributed by atoms with Gasteiger partial charge in [-0.3, -0.25) is 0 Å². The first-order valence-corrected chi connectivity index (χ1v) is 12.7. The fourth-order valence-corrected chi connectivity index (χ4v) is 4.73. The van der Waals surface area contributed by atoms with Crippen molar-refractivity contribution in [3.05, 3.63) is 35.4 Å². The van der Waals surface area contributed by atoms with E-state index in [1.807, 2.05) is 24.3 Å². The third-order valence-corrected chi connectivity index (χ3v) is 6.65. The molecule has 0 aliphatic carbocycles. The number of hydrogen-bond acceptors (Lipinski definition) is 2. The van der Waals surface area contributed by atoms with Crippen LogP contribution in [0.3, 0.4) is 0 Å². The van der Waals surface area contributed by atoms with E-state index in [1.165, 1.54) is 89.9 Å². The largest absolute Gasteiger partial charge is 0.479 e. The Morgan fingerprint density at radius 1 is 0.800 bits per heavy atom. The minimum absolute atomic E-state index is 0.418. The van der Waals surface area contributed by atoms with Gasteiger partial charge in [0.15, 0.2) is 5.60 Å². The van der Waals surface area contributed by atoms with Crippen molar-refractivity contribution < 1.29 is 14.6 Å². The summed E-state index contributed by atoms with van der Waals surface area (Å²) in [5.74, 6) is -0.839. The van der Waals surface area contributed by atoms with Gasteiger partial charge in [0.25, 0.3) is 0 Å². The standard InChI is InChI=1S/C27H44O3/c1-2-3-4-5-6-7-8-9-10-11-12-13-14-15-16-19-22-27(26(28)29)25-21-18-17-20-24(25)23-30-27/h17-18,20-21H,2-16,19,22-23H2,1H3,(H,28,29). The third kappa shape index (κ3) is 8.06. The molecule has 0 bridgehead atoms. The number of carboxylic acid groups (broad SMARTS) is 1. The summed E-state index contributed by atoms with van der Waals surface area (Å²) < 4.78 is 5.80. The summed E-state index contributed by atoms with van der Waals surface area (Å²) in [6.45, 7) is 2.69. The van der Waals surface area contributed by atoms with Crippen molar-refractivity contribution >= 4 is 5.97 Å². The molecule has 1 aromatic rings. The highest BCUT2D eigenvalue weighted by atomic mass is 16.5. The number of aliphatic carboxylic acids is 1. The number of carboxylic acids is 1. The van der Waals surface area contributed by atoms with Gasteiger partial charge >= 0.3 is 5.97 Å². The number of ether oxygens (including phenoxy) is 1. The van der Waals surface area contributed by atoms with Gasteiger partial charge in [-0.1, -0.05) is 128 Å². The molecule has 1 heterocycles. The van der Waals surface area contributed by atoms with Gasteiger partial charge < -0.3 is 9.84 Å². The van der Waals surface area contributed by atoms with E-state index >= 15 is 0 Å². The van der Waals surface area contributed by atoms with Crippen molar-refractivity contribution in [1.82, 2.24) is 0 Å². The quantitative estimate of drug-likeness (QED) is 0.246. The van der Waals surface area contributed by atoms with E-state index in [-0.39, 0.29) is 0 Å². The van der Waals surface area contributed by atoms with Crippen LogP contribution in [-0.2, 0) is 21.7 Å². The number of fused-ring (bicyclic) bond motifs is 1. The van der Waals surface area contributed by atoms with E-state index in [2.05, 4.69) is 6.92 Å². The van der Waals surface area contributed by atoms with Gasteiger partial charge in [-0.2, -0.15) is 0 Å². The Hall–Kier alpha value is -1.35. The van der Waals surface area contributed by atoms with Gasteiger partial charge in [-0.15, -0.1) is 0 Å². The first-order chi connectivity index (χ1) is 14.7. The van der Waals surface area contributed by atoms with Gasteiger partial charge in [0.1, 0.15) is 0 Å². The molecule has 0 fully saturated rings. The summed E-state index contributed by atoms with van der Waals surface area (Å²) in [6, 6.07) is 7.77. The van der Waals surface area contributed by atoms with Crippen LogP contribution in [0.2, 0.25) is 0 Å². The molecular weight excluding hydrogens is 372 g/mol. The van der Waals surface area contributed by atoms with Crippen LogP contribution in [0.1, 0.15) is 127 Å². The lowest BCUT2D eigenvalue weighted by atomic mass is 9.87. The van der Waals surface area contributed by atoms with Gasteiger partial charge in [0.05, 0.1) is 6.61 Å². The van der Waals surface area contributed by atoms with E-state index in [9.17, 15) is 9.90 Å². The normalized spacial score (nSPS) is 17.9. The number of rotatable bonds is 18. The Morgan fingerprint density at radius 2 is 1.27 bits per heavy atom. The molecule has 3 heteroatoms. The molecule has 1 N–H and O–H groups in total. The second kappa shape index (κ2) is 14.6. The summed E-state index contributed by atoms with van der Waals surface area (Å²) >= 11 is 0. The van der Waals surface area contributed by atoms with E-state index < -0.39 is 11.6 Å². The van der Waals surface area contributed by atoms with Gasteiger partial charge in [-0.05, 0) is 18.4 Å². The molecule has 0 saturated heterocycles. The van der Waals surface area contributed by atoms with Crippen molar-refractivity contribution in [2.24, 2.45) is 0 Å². The summed E-state index contributed by atoms with van der Waals surface area (Å²) in [7, 11) is 0. The smallest absolute Gasteiger partial charge is 0.340 e. The van der Waals surface area contributed by atoms with Gasteiger partial charge in [0.2, 0.25) is 0 Å². The maximum atomic E-state index is 12.0. The Kier molecular flexibility index (Phi) is 12.1. The summed E-state index contributed by atoms with van der Waals surface area (Å²) in [4.78, 5) is 12.0. The Balaban J connectivity index is 1.45. The lowest BCUT2D eigenvalue weighted by Crippen LogP contribution is -2.35. The fourth-order valence-electron chi connectivity index (χ4n) is 4.73. The lowest BCUT2D eigenvalue weighted by molar-refractivity contribution is -0.167. The predicted molar refractivity (Wildman–Crippen MR) is 125 cm³/mol. The minimum Gasteiger partial charge on any atom is -0.479 e. The number of unbranched alkanes of at least 4 members (excludes halogenated alkanes) is 15. The molecule has 30 heavy (non-hydrogen) atoms. The second-order valence-electron chi connectivity index (χ2n) is 9.13. The van der Waals surface area contributed by atoms with Crippen molar-refractivity contribution in [2.45, 2.75) is 128 Å². The summed E-state index contributed by atoms with van der Waals surface area (Å²) in [5.41, 5.74) is 0.766. The lowest BCUT2D eigenvalue weighted by Gasteiger charge is -2.24. The number of carbonyl (C=O) groups is 1. The minimum atomic E-state index is -1.12. The molecule has 0 radical (unpaired) electrons. The molecule has 170 valence electrons. The van der Waals surface area contributed by atoms with Gasteiger partial charge in [-0.25, -0.2) is 4.79 Å². The Morgan fingerprint density at radius 3 is 1.77 bits per heavy atom. The Labute approximate surface area is 184 Å². The maximum Gasteiger partial charge on any atom is 0.340 e. The molecule has 3 nitrogen and oxygen atoms in total. The predicted octanol–water partition coefficient (Wildman–Crippen LogP) is 8.15. The van der Waals surface area contributed by atoms with Crippen LogP contribution < -0.4 is 0 Å². The van der Waals surface area contributed by atoms with Crippen molar-refractivity contribution in [2.75, 3.05) is 0 Å². The molecule has 0 aromatic heterocycles. The van der Waals surface area contributed by atoms with Crippen LogP contribution in [0, 0.1) is 0 Å². The number of benzene rings is 1. The first-order valence-electron chi connectivity index (χ1n) is 12.7. The molecule has 0 saturated carbocycles. The van der Waals surface area contributed by atoms with Crippen molar-refractivity contribution in [1.29, 1.82) is 0 Å². The highest BCUT2D eigenvalue weighted by molar-refractivity contribution is 5.80. The zero-order valence-electron chi connectivity index (χ0n) is 19.3. The third-order valence-electron chi connectivity index (χ3n) is 6.65. The molecule has 1 aromatic carbocycles. The summed E-state index contributed by atoms with van der Waals surface area (Å²) in [5, 5.41) is 9.81. The molecule has 0 spiro atoms. The SMILES string of the molecule is CCCCCCCCCCCCCCCCCCC1(C(=O)O)OCc2ccccc21. The van der Waals surface area contributed by atoms with Crippen LogP contribution in [0.15, 0.2) is 24.3 Å². The molecule has 1 aliphatic rings. The monoisotopic (exact) mass is 416 g/mol. The van der Waals surface area contributed by atoms with E-state index in [0.717, 1.165) is 24.0 Å². The molecule has 1 atom stereocenters. The molecule has 1 unspecified atom stereocenters. The summed E-state index contributed by atoms with van der Waals surface area (Å²) in [6.07, 6.45) is 21.8. The van der Waals surface area contributed by atoms with Crippen molar-refractivity contribution in [3.63, 3.8) is 0 Å². The zero-order chi connectivity index (χ0) is 21.5. The number of hydrogen-bond donors (Lipinski definition) is 1. The molecular formula is C27H44O3. The highest BCUT2D eigenvalue weighted by Gasteiger charge is 2.46. The fraction of sp³-hybridized carbons (Fsp3) is 0.741. The maximum absolute atomic E-state index is 12.0. The molecule has 1 aliphatic heterocycles. The van der Waals surface area contributed by atoms with Crippen molar-refractivity contribution in [3.8, 4) is 0 Å². The van der Waals surface area contributed by atoms with E-state index in [4.69, 9.17) is 4.74 Å². The first kappa shape index (κ1) is 24.9. The Bertz CT molecular complexity index is 598. The van der Waals surface area contributed by atoms with E-state index in [0.29, 0.717) is 13.0 Å². The van der Waals surface area contributed by atoms with Crippen LogP contribution in [0.5, 0.6) is 0 Å².